The van der Waals surface area contributed by atoms with Crippen LogP contribution in [0.25, 0.3) is 0 Å². The van der Waals surface area contributed by atoms with Gasteiger partial charge < -0.3 is 14.4 Å². The van der Waals surface area contributed by atoms with Gasteiger partial charge in [0, 0.05) is 14.7 Å². The Hall–Kier alpha value is -0.653. The van der Waals surface area contributed by atoms with Gasteiger partial charge in [0.05, 0.1) is 24.8 Å². The summed E-state index contributed by atoms with van der Waals surface area (Å²) in [4.78, 5) is 3.95. The van der Waals surface area contributed by atoms with E-state index in [0.29, 0.717) is 6.73 Å². The number of rotatable bonds is 6. The number of aliphatic hydroxyl groups is 1. The highest BCUT2D eigenvalue weighted by molar-refractivity contribution is 6.76. The summed E-state index contributed by atoms with van der Waals surface area (Å²) >= 11 is 0. The van der Waals surface area contributed by atoms with Crippen LogP contribution >= 0.6 is 0 Å². The molecule has 0 bridgehead atoms. The van der Waals surface area contributed by atoms with Crippen molar-refractivity contribution in [3.8, 4) is 0 Å². The van der Waals surface area contributed by atoms with Gasteiger partial charge in [-0.2, -0.15) is 0 Å². The fourth-order valence-corrected chi connectivity index (χ4v) is 1.89. The number of nitrogens with zero attached hydrogens (tertiary/aromatic N) is 2. The maximum absolute atomic E-state index is 8.98. The third kappa shape index (κ3) is 4.59. The molecule has 0 aliphatic heterocycles. The van der Waals surface area contributed by atoms with Crippen LogP contribution in [-0.4, -0.2) is 29.3 Å². The Morgan fingerprint density at radius 2 is 2.20 bits per heavy atom. The third-order valence-electron chi connectivity index (χ3n) is 2.19. The first-order valence-electron chi connectivity index (χ1n) is 5.20. The number of aliphatic hydroxyl groups excluding tert-OH is 1. The van der Waals surface area contributed by atoms with Crippen molar-refractivity contribution in [2.24, 2.45) is 0 Å². The van der Waals surface area contributed by atoms with Gasteiger partial charge in [0.25, 0.3) is 0 Å². The van der Waals surface area contributed by atoms with Crippen LogP contribution in [0.3, 0.4) is 0 Å². The molecular formula is C10H20N2O2Si. The first-order valence-corrected chi connectivity index (χ1v) is 8.91. The van der Waals surface area contributed by atoms with Crippen LogP contribution < -0.4 is 0 Å². The van der Waals surface area contributed by atoms with Gasteiger partial charge in [-0.05, 0) is 6.04 Å². The summed E-state index contributed by atoms with van der Waals surface area (Å²) in [5.41, 5.74) is 0.794. The molecule has 0 atom stereocenters. The highest BCUT2D eigenvalue weighted by Gasteiger charge is 2.12. The Morgan fingerprint density at radius 1 is 1.47 bits per heavy atom. The second kappa shape index (κ2) is 5.44. The summed E-state index contributed by atoms with van der Waals surface area (Å²) in [5, 5.41) is 8.98. The molecule has 0 radical (unpaired) electrons. The zero-order valence-electron chi connectivity index (χ0n) is 9.73. The molecule has 0 saturated heterocycles. The van der Waals surface area contributed by atoms with Crippen molar-refractivity contribution < 1.29 is 9.84 Å². The van der Waals surface area contributed by atoms with Crippen molar-refractivity contribution in [2.45, 2.75) is 39.0 Å². The summed E-state index contributed by atoms with van der Waals surface area (Å²) in [6, 6.07) is 1.16. The quantitative estimate of drug-likeness (QED) is 0.595. The van der Waals surface area contributed by atoms with Crippen molar-refractivity contribution in [3.05, 3.63) is 18.2 Å². The highest BCUT2D eigenvalue weighted by Crippen LogP contribution is 2.08. The zero-order chi connectivity index (χ0) is 11.3. The van der Waals surface area contributed by atoms with E-state index in [1.54, 1.807) is 12.5 Å². The predicted molar refractivity (Wildman–Crippen MR) is 62.3 cm³/mol. The SMILES string of the molecule is C[Si](C)(C)CCOCn1cncc1CO. The Bertz CT molecular complexity index is 294. The van der Waals surface area contributed by atoms with Crippen molar-refractivity contribution in [1.82, 2.24) is 9.55 Å². The minimum atomic E-state index is -1.00. The van der Waals surface area contributed by atoms with Gasteiger partial charge in [0.15, 0.2) is 0 Å². The third-order valence-corrected chi connectivity index (χ3v) is 3.89. The monoisotopic (exact) mass is 228 g/mol. The fourth-order valence-electron chi connectivity index (χ4n) is 1.14. The molecule has 0 aromatic carbocycles. The van der Waals surface area contributed by atoms with E-state index in [9.17, 15) is 0 Å². The van der Waals surface area contributed by atoms with Crippen LogP contribution in [0.2, 0.25) is 25.7 Å². The molecule has 1 heterocycles. The second-order valence-corrected chi connectivity index (χ2v) is 10.5. The van der Waals surface area contributed by atoms with E-state index in [4.69, 9.17) is 9.84 Å². The molecule has 1 aromatic rings. The molecule has 1 aromatic heterocycles. The number of ether oxygens (including phenoxy) is 1. The molecule has 5 heteroatoms. The van der Waals surface area contributed by atoms with E-state index in [1.165, 1.54) is 0 Å². The number of aromatic nitrogens is 2. The van der Waals surface area contributed by atoms with Crippen LogP contribution in [0.5, 0.6) is 0 Å². The molecule has 86 valence electrons. The van der Waals surface area contributed by atoms with Crippen LogP contribution in [-0.2, 0) is 18.1 Å². The van der Waals surface area contributed by atoms with Gasteiger partial charge in [-0.1, -0.05) is 19.6 Å². The largest absolute Gasteiger partial charge is 0.390 e. The molecule has 1 N–H and O–H groups in total. The van der Waals surface area contributed by atoms with E-state index < -0.39 is 8.07 Å². The van der Waals surface area contributed by atoms with Gasteiger partial charge in [-0.15, -0.1) is 0 Å². The molecule has 0 spiro atoms. The highest BCUT2D eigenvalue weighted by atomic mass is 28.3. The summed E-state index contributed by atoms with van der Waals surface area (Å²) in [5.74, 6) is 0. The van der Waals surface area contributed by atoms with Crippen molar-refractivity contribution in [3.63, 3.8) is 0 Å². The smallest absolute Gasteiger partial charge is 0.124 e. The first-order chi connectivity index (χ1) is 7.03. The number of hydrogen-bond donors (Lipinski definition) is 1. The molecule has 0 amide bonds. The molecule has 0 fully saturated rings. The van der Waals surface area contributed by atoms with Crippen LogP contribution in [0.4, 0.5) is 0 Å². The lowest BCUT2D eigenvalue weighted by atomic mass is 10.5. The lowest BCUT2D eigenvalue weighted by Gasteiger charge is -2.15. The minimum absolute atomic E-state index is 0.0113. The van der Waals surface area contributed by atoms with E-state index >= 15 is 0 Å². The predicted octanol–water partition coefficient (Wildman–Crippen LogP) is 1.69. The molecular weight excluding hydrogens is 208 g/mol. The molecule has 0 saturated carbocycles. The Morgan fingerprint density at radius 3 is 2.80 bits per heavy atom. The van der Waals surface area contributed by atoms with Gasteiger partial charge in [-0.3, -0.25) is 0 Å². The standard InChI is InChI=1S/C10H20N2O2Si/c1-15(2,3)5-4-14-9-12-8-11-6-10(12)7-13/h6,8,13H,4-5,7,9H2,1-3H3. The normalized spacial score (nSPS) is 12.0. The van der Waals surface area contributed by atoms with Gasteiger partial charge >= 0.3 is 0 Å². The van der Waals surface area contributed by atoms with Crippen LogP contribution in [0, 0.1) is 0 Å². The van der Waals surface area contributed by atoms with Crippen LogP contribution in [0.1, 0.15) is 5.69 Å². The van der Waals surface area contributed by atoms with Crippen molar-refractivity contribution in [2.75, 3.05) is 6.61 Å². The summed E-state index contributed by atoms with van der Waals surface area (Å²) in [7, 11) is -1.00. The number of imidazole rings is 1. The van der Waals surface area contributed by atoms with E-state index in [1.807, 2.05) is 4.57 Å². The lowest BCUT2D eigenvalue weighted by molar-refractivity contribution is 0.0822. The second-order valence-electron chi connectivity index (χ2n) is 4.86. The Labute approximate surface area is 91.9 Å². The summed E-state index contributed by atoms with van der Waals surface area (Å²) < 4.78 is 7.37. The average Bonchev–Trinajstić information content (AvgIpc) is 2.58. The molecule has 1 rings (SSSR count). The maximum atomic E-state index is 8.98. The van der Waals surface area contributed by atoms with Crippen molar-refractivity contribution in [1.29, 1.82) is 0 Å². The van der Waals surface area contributed by atoms with E-state index in [2.05, 4.69) is 24.6 Å². The van der Waals surface area contributed by atoms with Crippen LogP contribution in [0.15, 0.2) is 12.5 Å². The first kappa shape index (κ1) is 12.4. The summed E-state index contributed by atoms with van der Waals surface area (Å²) in [6.07, 6.45) is 3.34. The van der Waals surface area contributed by atoms with E-state index in [0.717, 1.165) is 18.3 Å². The Balaban J connectivity index is 2.26. The average molecular weight is 228 g/mol. The topological polar surface area (TPSA) is 47.3 Å². The molecule has 15 heavy (non-hydrogen) atoms. The van der Waals surface area contributed by atoms with Gasteiger partial charge in [-0.25, -0.2) is 4.98 Å². The fraction of sp³-hybridized carbons (Fsp3) is 0.700. The van der Waals surface area contributed by atoms with Gasteiger partial charge in [0.1, 0.15) is 6.73 Å². The minimum Gasteiger partial charge on any atom is -0.390 e. The van der Waals surface area contributed by atoms with E-state index in [-0.39, 0.29) is 6.61 Å². The molecule has 4 nitrogen and oxygen atoms in total. The molecule has 0 unspecified atom stereocenters. The molecule has 0 aliphatic carbocycles. The lowest BCUT2D eigenvalue weighted by Crippen LogP contribution is -2.22. The van der Waals surface area contributed by atoms with Gasteiger partial charge in [0.2, 0.25) is 0 Å². The summed E-state index contributed by atoms with van der Waals surface area (Å²) in [6.45, 7) is 8.27. The zero-order valence-corrected chi connectivity index (χ0v) is 10.7. The van der Waals surface area contributed by atoms with Crippen molar-refractivity contribution >= 4 is 8.07 Å². The molecule has 0 aliphatic rings. The number of hydrogen-bond acceptors (Lipinski definition) is 3. The maximum Gasteiger partial charge on any atom is 0.124 e. The Kier molecular flexibility index (Phi) is 4.50.